The molecule has 0 saturated heterocycles. The molecule has 1 aromatic carbocycles. The van der Waals surface area contributed by atoms with Crippen molar-refractivity contribution in [2.45, 2.75) is 13.1 Å². The first-order valence-corrected chi connectivity index (χ1v) is 5.94. The number of hydrogen-bond donors (Lipinski definition) is 0. The molecule has 1 heterocycles. The smallest absolute Gasteiger partial charge is 0.434 e. The standard InChI is InChI=1S/C13H7ClF5NO/c1-6-9(4-3-8(15)11(6)16)21-10-5-2-7(14)12(20-10)13(17,18)19/h2-5H,1H3. The molecule has 0 amide bonds. The first-order chi connectivity index (χ1) is 9.70. The van der Waals surface area contributed by atoms with E-state index >= 15 is 0 Å². The Hall–Kier alpha value is -1.89. The van der Waals surface area contributed by atoms with E-state index in [9.17, 15) is 22.0 Å². The monoisotopic (exact) mass is 323 g/mol. The predicted octanol–water partition coefficient (Wildman–Crippen LogP) is 5.13. The molecule has 0 spiro atoms. The van der Waals surface area contributed by atoms with Crippen molar-refractivity contribution in [2.75, 3.05) is 0 Å². The minimum absolute atomic E-state index is 0.142. The van der Waals surface area contributed by atoms with Gasteiger partial charge in [-0.2, -0.15) is 13.2 Å². The molecule has 0 bridgehead atoms. The van der Waals surface area contributed by atoms with Crippen LogP contribution in [0.15, 0.2) is 24.3 Å². The van der Waals surface area contributed by atoms with Crippen LogP contribution in [0.4, 0.5) is 22.0 Å². The van der Waals surface area contributed by atoms with Crippen LogP contribution in [-0.2, 0) is 6.18 Å². The van der Waals surface area contributed by atoms with Gasteiger partial charge in [0.15, 0.2) is 17.3 Å². The predicted molar refractivity (Wildman–Crippen MR) is 65.4 cm³/mol. The van der Waals surface area contributed by atoms with Gasteiger partial charge in [0, 0.05) is 11.6 Å². The summed E-state index contributed by atoms with van der Waals surface area (Å²) in [7, 11) is 0. The van der Waals surface area contributed by atoms with E-state index in [1.807, 2.05) is 0 Å². The Bertz CT molecular complexity index is 687. The number of hydrogen-bond acceptors (Lipinski definition) is 2. The van der Waals surface area contributed by atoms with Gasteiger partial charge in [-0.3, -0.25) is 0 Å². The van der Waals surface area contributed by atoms with E-state index in [1.165, 1.54) is 6.92 Å². The fourth-order valence-electron chi connectivity index (χ4n) is 1.54. The van der Waals surface area contributed by atoms with Gasteiger partial charge in [-0.15, -0.1) is 0 Å². The highest BCUT2D eigenvalue weighted by atomic mass is 35.5. The molecule has 0 aliphatic rings. The van der Waals surface area contributed by atoms with Crippen LogP contribution < -0.4 is 4.74 Å². The van der Waals surface area contributed by atoms with Gasteiger partial charge in [-0.25, -0.2) is 13.8 Å². The minimum Gasteiger partial charge on any atom is -0.439 e. The number of ether oxygens (including phenoxy) is 1. The van der Waals surface area contributed by atoms with E-state index in [-0.39, 0.29) is 11.3 Å². The average Bonchev–Trinajstić information content (AvgIpc) is 2.40. The lowest BCUT2D eigenvalue weighted by molar-refractivity contribution is -0.141. The van der Waals surface area contributed by atoms with Crippen molar-refractivity contribution >= 4 is 11.6 Å². The van der Waals surface area contributed by atoms with Gasteiger partial charge in [-0.1, -0.05) is 11.6 Å². The molecule has 2 rings (SSSR count). The number of rotatable bonds is 2. The zero-order valence-corrected chi connectivity index (χ0v) is 11.2. The molecule has 0 aliphatic heterocycles. The molecule has 0 N–H and O–H groups in total. The molecule has 1 aromatic heterocycles. The van der Waals surface area contributed by atoms with Gasteiger partial charge in [0.25, 0.3) is 0 Å². The minimum atomic E-state index is -4.75. The van der Waals surface area contributed by atoms with Gasteiger partial charge < -0.3 is 4.74 Å². The maximum Gasteiger partial charge on any atom is 0.434 e. The summed E-state index contributed by atoms with van der Waals surface area (Å²) < 4.78 is 69.3. The number of nitrogens with zero attached hydrogens (tertiary/aromatic N) is 1. The van der Waals surface area contributed by atoms with Crippen LogP contribution in [0.1, 0.15) is 11.3 Å². The second kappa shape index (κ2) is 5.48. The Labute approximate surface area is 121 Å². The topological polar surface area (TPSA) is 22.1 Å². The summed E-state index contributed by atoms with van der Waals surface area (Å²) in [6.07, 6.45) is -4.75. The Kier molecular flexibility index (Phi) is 4.04. The van der Waals surface area contributed by atoms with E-state index in [1.54, 1.807) is 0 Å². The highest BCUT2D eigenvalue weighted by molar-refractivity contribution is 6.31. The van der Waals surface area contributed by atoms with E-state index < -0.39 is 34.4 Å². The molecule has 0 radical (unpaired) electrons. The second-order valence-corrected chi connectivity index (χ2v) is 4.47. The molecule has 2 nitrogen and oxygen atoms in total. The summed E-state index contributed by atoms with van der Waals surface area (Å²) >= 11 is 5.41. The third kappa shape index (κ3) is 3.24. The van der Waals surface area contributed by atoms with E-state index in [4.69, 9.17) is 16.3 Å². The van der Waals surface area contributed by atoms with Crippen molar-refractivity contribution in [1.29, 1.82) is 0 Å². The summed E-state index contributed by atoms with van der Waals surface area (Å²) in [4.78, 5) is 3.24. The summed E-state index contributed by atoms with van der Waals surface area (Å²) in [6, 6.07) is 3.95. The first-order valence-electron chi connectivity index (χ1n) is 5.56. The Morgan fingerprint density at radius 3 is 2.38 bits per heavy atom. The molecule has 0 unspecified atom stereocenters. The largest absolute Gasteiger partial charge is 0.439 e. The maximum atomic E-state index is 13.4. The average molecular weight is 324 g/mol. The van der Waals surface area contributed by atoms with Gasteiger partial charge >= 0.3 is 6.18 Å². The van der Waals surface area contributed by atoms with Gasteiger partial charge in [-0.05, 0) is 25.1 Å². The van der Waals surface area contributed by atoms with Crippen molar-refractivity contribution in [2.24, 2.45) is 0 Å². The molecule has 21 heavy (non-hydrogen) atoms. The van der Waals surface area contributed by atoms with Crippen molar-refractivity contribution < 1.29 is 26.7 Å². The molecule has 8 heteroatoms. The lowest BCUT2D eigenvalue weighted by atomic mass is 10.2. The van der Waals surface area contributed by atoms with Crippen LogP contribution in [0.5, 0.6) is 11.6 Å². The Morgan fingerprint density at radius 1 is 1.10 bits per heavy atom. The molecule has 2 aromatic rings. The molecule has 0 saturated carbocycles. The van der Waals surface area contributed by atoms with Gasteiger partial charge in [0.05, 0.1) is 5.02 Å². The van der Waals surface area contributed by atoms with Crippen LogP contribution in [0, 0.1) is 18.6 Å². The number of alkyl halides is 3. The van der Waals surface area contributed by atoms with Crippen LogP contribution in [0.2, 0.25) is 5.02 Å². The lowest BCUT2D eigenvalue weighted by Gasteiger charge is -2.12. The van der Waals surface area contributed by atoms with Crippen molar-refractivity contribution in [1.82, 2.24) is 4.98 Å². The lowest BCUT2D eigenvalue weighted by Crippen LogP contribution is -2.09. The number of aromatic nitrogens is 1. The molecule has 112 valence electrons. The van der Waals surface area contributed by atoms with E-state index in [0.717, 1.165) is 24.3 Å². The summed E-state index contributed by atoms with van der Waals surface area (Å²) in [6.45, 7) is 1.23. The van der Waals surface area contributed by atoms with Crippen molar-refractivity contribution in [3.63, 3.8) is 0 Å². The third-order valence-electron chi connectivity index (χ3n) is 2.59. The Morgan fingerprint density at radius 2 is 1.76 bits per heavy atom. The van der Waals surface area contributed by atoms with Gasteiger partial charge in [0.2, 0.25) is 5.88 Å². The van der Waals surface area contributed by atoms with Crippen molar-refractivity contribution in [3.05, 3.63) is 52.2 Å². The third-order valence-corrected chi connectivity index (χ3v) is 2.90. The number of halogens is 6. The first kappa shape index (κ1) is 15.5. The van der Waals surface area contributed by atoms with Crippen LogP contribution in [-0.4, -0.2) is 4.98 Å². The zero-order valence-electron chi connectivity index (χ0n) is 10.4. The molecule has 0 fully saturated rings. The SMILES string of the molecule is Cc1c(Oc2ccc(Cl)c(C(F)(F)F)n2)ccc(F)c1F. The second-order valence-electron chi connectivity index (χ2n) is 4.06. The van der Waals surface area contributed by atoms with Crippen molar-refractivity contribution in [3.8, 4) is 11.6 Å². The maximum absolute atomic E-state index is 13.4. The zero-order chi connectivity index (χ0) is 15.8. The van der Waals surface area contributed by atoms with E-state index in [2.05, 4.69) is 4.98 Å². The van der Waals surface area contributed by atoms with Gasteiger partial charge in [0.1, 0.15) is 5.75 Å². The Balaban J connectivity index is 2.39. The number of benzene rings is 1. The highest BCUT2D eigenvalue weighted by Gasteiger charge is 2.35. The van der Waals surface area contributed by atoms with Crippen LogP contribution in [0.25, 0.3) is 0 Å². The quantitative estimate of drug-likeness (QED) is 0.714. The number of pyridine rings is 1. The fraction of sp³-hybridized carbons (Fsp3) is 0.154. The molecular weight excluding hydrogens is 317 g/mol. The highest BCUT2D eigenvalue weighted by Crippen LogP contribution is 2.35. The molecule has 0 atom stereocenters. The van der Waals surface area contributed by atoms with Crippen LogP contribution >= 0.6 is 11.6 Å². The normalized spacial score (nSPS) is 11.6. The molecule has 0 aliphatic carbocycles. The van der Waals surface area contributed by atoms with E-state index in [0.29, 0.717) is 0 Å². The summed E-state index contributed by atoms with van der Waals surface area (Å²) in [5.41, 5.74) is -1.50. The summed E-state index contributed by atoms with van der Waals surface area (Å²) in [5, 5.41) is -0.586. The molecular formula is C13H7ClF5NO. The summed E-state index contributed by atoms with van der Waals surface area (Å²) in [5.74, 6) is -2.80. The fourth-order valence-corrected chi connectivity index (χ4v) is 1.75. The van der Waals surface area contributed by atoms with Crippen LogP contribution in [0.3, 0.4) is 0 Å².